The zero-order valence-corrected chi connectivity index (χ0v) is 17.1. The maximum atomic E-state index is 12.0. The van der Waals surface area contributed by atoms with E-state index < -0.39 is 10.0 Å². The molecule has 2 amide bonds. The van der Waals surface area contributed by atoms with Gasteiger partial charge in [-0.2, -0.15) is 0 Å². The van der Waals surface area contributed by atoms with Crippen LogP contribution in [0.25, 0.3) is 0 Å². The average Bonchev–Trinajstić information content (AvgIpc) is 2.64. The summed E-state index contributed by atoms with van der Waals surface area (Å²) in [6.07, 6.45) is 7.34. The van der Waals surface area contributed by atoms with Crippen LogP contribution < -0.4 is 15.4 Å². The highest BCUT2D eigenvalue weighted by Crippen LogP contribution is 2.17. The Kier molecular flexibility index (Phi) is 8.37. The topological polar surface area (TPSA) is 87.7 Å². The summed E-state index contributed by atoms with van der Waals surface area (Å²) < 4.78 is 30.7. The predicted molar refractivity (Wildman–Crippen MR) is 107 cm³/mol. The lowest BCUT2D eigenvalue weighted by atomic mass is 9.96. The van der Waals surface area contributed by atoms with E-state index in [2.05, 4.69) is 10.6 Å². The minimum atomic E-state index is -3.35. The number of nitrogens with zero attached hydrogens (tertiary/aromatic N) is 1. The number of carbonyl (C=O) groups excluding carboxylic acids is 1. The molecule has 0 spiro atoms. The second-order valence-electron chi connectivity index (χ2n) is 7.00. The van der Waals surface area contributed by atoms with Gasteiger partial charge in [0.15, 0.2) is 0 Å². The lowest BCUT2D eigenvalue weighted by molar-refractivity contribution is 0.231. The van der Waals surface area contributed by atoms with Gasteiger partial charge in [-0.05, 0) is 37.0 Å². The number of amides is 2. The number of ether oxygens (including phenoxy) is 1. The van der Waals surface area contributed by atoms with E-state index in [0.29, 0.717) is 13.0 Å². The number of methoxy groups -OCH3 is 1. The fraction of sp³-hybridized carbons (Fsp3) is 0.632. The van der Waals surface area contributed by atoms with Crippen LogP contribution in [0.5, 0.6) is 5.75 Å². The summed E-state index contributed by atoms with van der Waals surface area (Å²) in [5.74, 6) is 0.749. The van der Waals surface area contributed by atoms with Crippen molar-refractivity contribution < 1.29 is 17.9 Å². The number of urea groups is 1. The van der Waals surface area contributed by atoms with Crippen LogP contribution in [0.4, 0.5) is 4.79 Å². The quantitative estimate of drug-likeness (QED) is 0.668. The largest absolute Gasteiger partial charge is 0.497 e. The molecule has 152 valence electrons. The van der Waals surface area contributed by atoms with E-state index in [4.69, 9.17) is 4.74 Å². The Morgan fingerprint density at radius 3 is 2.63 bits per heavy atom. The van der Waals surface area contributed by atoms with Crippen LogP contribution in [0.3, 0.4) is 0 Å². The van der Waals surface area contributed by atoms with Crippen molar-refractivity contribution in [3.8, 4) is 5.75 Å². The first-order valence-corrected chi connectivity index (χ1v) is 11.4. The normalized spacial score (nSPS) is 15.5. The summed E-state index contributed by atoms with van der Waals surface area (Å²) in [7, 11) is -1.74. The van der Waals surface area contributed by atoms with E-state index in [-0.39, 0.29) is 25.2 Å². The van der Waals surface area contributed by atoms with Crippen molar-refractivity contribution in [1.29, 1.82) is 0 Å². The zero-order valence-electron chi connectivity index (χ0n) is 16.2. The summed E-state index contributed by atoms with van der Waals surface area (Å²) in [5, 5.41) is 5.74. The molecule has 2 N–H and O–H groups in total. The van der Waals surface area contributed by atoms with Gasteiger partial charge in [0.2, 0.25) is 10.0 Å². The summed E-state index contributed by atoms with van der Waals surface area (Å²) in [6, 6.07) is 7.60. The van der Waals surface area contributed by atoms with Gasteiger partial charge in [-0.3, -0.25) is 0 Å². The second kappa shape index (κ2) is 10.5. The van der Waals surface area contributed by atoms with Crippen molar-refractivity contribution in [1.82, 2.24) is 14.9 Å². The van der Waals surface area contributed by atoms with Crippen molar-refractivity contribution in [2.45, 2.75) is 44.6 Å². The number of benzene rings is 1. The molecule has 1 aromatic rings. The van der Waals surface area contributed by atoms with Gasteiger partial charge in [0.1, 0.15) is 5.75 Å². The van der Waals surface area contributed by atoms with Crippen LogP contribution in [-0.4, -0.2) is 57.8 Å². The fourth-order valence-electron chi connectivity index (χ4n) is 3.30. The van der Waals surface area contributed by atoms with Gasteiger partial charge in [0.05, 0.1) is 13.4 Å². The molecule has 8 heteroatoms. The number of carbonyl (C=O) groups is 1. The molecule has 1 aliphatic carbocycles. The molecule has 0 atom stereocenters. The molecule has 0 radical (unpaired) electrons. The van der Waals surface area contributed by atoms with Gasteiger partial charge in [-0.1, -0.05) is 31.4 Å². The molecule has 0 bridgehead atoms. The second-order valence-corrected chi connectivity index (χ2v) is 8.98. The standard InChI is InChI=1S/C19H31N3O4S/c1-26-18-10-6-7-16(15-18)11-13-22(27(2,24)25)14-12-20-19(23)21-17-8-4-3-5-9-17/h6-7,10,15,17H,3-5,8-9,11-14H2,1-2H3,(H2,20,21,23). The first kappa shape index (κ1) is 21.5. The van der Waals surface area contributed by atoms with Crippen molar-refractivity contribution >= 4 is 16.1 Å². The Morgan fingerprint density at radius 2 is 1.96 bits per heavy atom. The summed E-state index contributed by atoms with van der Waals surface area (Å²) in [5.41, 5.74) is 1.01. The molecule has 0 saturated heterocycles. The zero-order chi connectivity index (χ0) is 19.7. The smallest absolute Gasteiger partial charge is 0.315 e. The average molecular weight is 398 g/mol. The highest BCUT2D eigenvalue weighted by molar-refractivity contribution is 7.88. The van der Waals surface area contributed by atoms with Crippen LogP contribution in [0.15, 0.2) is 24.3 Å². The Labute approximate surface area is 162 Å². The molecule has 1 aliphatic rings. The van der Waals surface area contributed by atoms with Gasteiger partial charge in [-0.25, -0.2) is 17.5 Å². The Balaban J connectivity index is 1.79. The highest BCUT2D eigenvalue weighted by Gasteiger charge is 2.18. The molecule has 0 unspecified atom stereocenters. The molecule has 1 saturated carbocycles. The third-order valence-corrected chi connectivity index (χ3v) is 6.14. The molecule has 0 aromatic heterocycles. The maximum absolute atomic E-state index is 12.0. The van der Waals surface area contributed by atoms with Crippen molar-refractivity contribution in [2.75, 3.05) is 33.0 Å². The number of nitrogens with one attached hydrogen (secondary N) is 2. The molecular weight excluding hydrogens is 366 g/mol. The summed E-state index contributed by atoms with van der Waals surface area (Å²) in [6.45, 7) is 0.891. The summed E-state index contributed by atoms with van der Waals surface area (Å²) in [4.78, 5) is 12.0. The van der Waals surface area contributed by atoms with Crippen LogP contribution in [0.2, 0.25) is 0 Å². The van der Waals surface area contributed by atoms with Crippen LogP contribution in [0.1, 0.15) is 37.7 Å². The van der Waals surface area contributed by atoms with E-state index in [1.165, 1.54) is 17.0 Å². The molecular formula is C19H31N3O4S. The van der Waals surface area contributed by atoms with Gasteiger partial charge in [0.25, 0.3) is 0 Å². The molecule has 0 heterocycles. The van der Waals surface area contributed by atoms with Crippen LogP contribution in [-0.2, 0) is 16.4 Å². The van der Waals surface area contributed by atoms with E-state index in [0.717, 1.165) is 37.0 Å². The van der Waals surface area contributed by atoms with E-state index in [9.17, 15) is 13.2 Å². The number of hydrogen-bond acceptors (Lipinski definition) is 4. The molecule has 27 heavy (non-hydrogen) atoms. The Bertz CT molecular complexity index is 703. The monoisotopic (exact) mass is 397 g/mol. The highest BCUT2D eigenvalue weighted by atomic mass is 32.2. The van der Waals surface area contributed by atoms with Gasteiger partial charge >= 0.3 is 6.03 Å². The lowest BCUT2D eigenvalue weighted by Crippen LogP contribution is -2.46. The third-order valence-electron chi connectivity index (χ3n) is 4.84. The van der Waals surface area contributed by atoms with Gasteiger partial charge < -0.3 is 15.4 Å². The SMILES string of the molecule is COc1cccc(CCN(CCNC(=O)NC2CCCCC2)S(C)(=O)=O)c1. The van der Waals surface area contributed by atoms with Crippen LogP contribution >= 0.6 is 0 Å². The van der Waals surface area contributed by atoms with Crippen molar-refractivity contribution in [2.24, 2.45) is 0 Å². The molecule has 0 aliphatic heterocycles. The number of sulfonamides is 1. The first-order chi connectivity index (χ1) is 12.9. The fourth-order valence-corrected chi connectivity index (χ4v) is 4.15. The third kappa shape index (κ3) is 7.76. The minimum absolute atomic E-state index is 0.219. The lowest BCUT2D eigenvalue weighted by Gasteiger charge is -2.24. The van der Waals surface area contributed by atoms with E-state index in [1.54, 1.807) is 7.11 Å². The Morgan fingerprint density at radius 1 is 1.22 bits per heavy atom. The van der Waals surface area contributed by atoms with E-state index >= 15 is 0 Å². The van der Waals surface area contributed by atoms with Gasteiger partial charge in [0, 0.05) is 25.7 Å². The van der Waals surface area contributed by atoms with Crippen LogP contribution in [0, 0.1) is 0 Å². The Hall–Kier alpha value is -1.80. The molecule has 7 nitrogen and oxygen atoms in total. The van der Waals surface area contributed by atoms with E-state index in [1.807, 2.05) is 24.3 Å². The maximum Gasteiger partial charge on any atom is 0.315 e. The van der Waals surface area contributed by atoms with Gasteiger partial charge in [-0.15, -0.1) is 0 Å². The first-order valence-electron chi connectivity index (χ1n) is 9.51. The molecule has 2 rings (SSSR count). The number of hydrogen-bond donors (Lipinski definition) is 2. The van der Waals surface area contributed by atoms with Crippen molar-refractivity contribution in [3.05, 3.63) is 29.8 Å². The molecule has 1 aromatic carbocycles. The summed E-state index contributed by atoms with van der Waals surface area (Å²) >= 11 is 0. The molecule has 1 fully saturated rings. The predicted octanol–water partition coefficient (Wildman–Crippen LogP) is 2.13. The minimum Gasteiger partial charge on any atom is -0.497 e. The number of rotatable bonds is 9. The van der Waals surface area contributed by atoms with Crippen molar-refractivity contribution in [3.63, 3.8) is 0 Å².